The van der Waals surface area contributed by atoms with E-state index in [1.165, 1.54) is 18.2 Å². The fourth-order valence-corrected chi connectivity index (χ4v) is 2.85. The molecule has 1 aliphatic heterocycles. The Morgan fingerprint density at radius 2 is 1.72 bits per heavy atom. The Morgan fingerprint density at radius 1 is 1.00 bits per heavy atom. The van der Waals surface area contributed by atoms with Crippen LogP contribution in [0.4, 0.5) is 0 Å². The van der Waals surface area contributed by atoms with Crippen LogP contribution in [-0.4, -0.2) is 68.8 Å². The normalized spacial score (nSPS) is 26.7. The van der Waals surface area contributed by atoms with Crippen molar-refractivity contribution in [2.75, 3.05) is 6.61 Å². The van der Waals surface area contributed by atoms with Gasteiger partial charge < -0.3 is 39.7 Å². The van der Waals surface area contributed by atoms with Gasteiger partial charge in [-0.05, 0) is 29.8 Å². The molecule has 2 aromatic carbocycles. The van der Waals surface area contributed by atoms with Crippen molar-refractivity contribution in [1.82, 2.24) is 0 Å². The minimum atomic E-state index is -1.63. The second-order valence-electron chi connectivity index (χ2n) is 6.56. The molecule has 0 bridgehead atoms. The maximum Gasteiger partial charge on any atom is 0.338 e. The Bertz CT molecular complexity index is 826. The molecule has 0 saturated carbocycles. The van der Waals surface area contributed by atoms with Crippen molar-refractivity contribution in [3.8, 4) is 11.5 Å². The summed E-state index contributed by atoms with van der Waals surface area (Å²) in [4.78, 5) is 12.1. The number of aromatic hydroxyl groups is 1. The van der Waals surface area contributed by atoms with Gasteiger partial charge in [-0.25, -0.2) is 4.79 Å². The maximum atomic E-state index is 12.1. The molecule has 0 aliphatic carbocycles. The number of ether oxygens (including phenoxy) is 3. The van der Waals surface area contributed by atoms with Crippen LogP contribution >= 0.6 is 0 Å². The van der Waals surface area contributed by atoms with E-state index in [1.807, 2.05) is 0 Å². The van der Waals surface area contributed by atoms with Crippen LogP contribution in [-0.2, 0) is 16.1 Å². The molecule has 5 atom stereocenters. The lowest BCUT2D eigenvalue weighted by Crippen LogP contribution is -2.60. The standard InChI is InChI=1S/C20H22O9/c21-9-11-6-7-14(13(22)8-11)28-20-18(25)17(24)16(23)15(29-20)10-27-19(26)12-4-2-1-3-5-12/h1-8,15-18,20-25H,9-10H2. The second kappa shape index (κ2) is 9.21. The molecule has 0 aromatic heterocycles. The van der Waals surface area contributed by atoms with Gasteiger partial charge in [0.2, 0.25) is 6.29 Å². The molecule has 9 heteroatoms. The minimum Gasteiger partial charge on any atom is -0.504 e. The van der Waals surface area contributed by atoms with Crippen LogP contribution < -0.4 is 4.74 Å². The van der Waals surface area contributed by atoms with Gasteiger partial charge in [0.25, 0.3) is 0 Å². The third-order valence-corrected chi connectivity index (χ3v) is 4.51. The topological polar surface area (TPSA) is 146 Å². The highest BCUT2D eigenvalue weighted by Gasteiger charge is 2.45. The Morgan fingerprint density at radius 3 is 2.38 bits per heavy atom. The van der Waals surface area contributed by atoms with E-state index < -0.39 is 43.3 Å². The van der Waals surface area contributed by atoms with Crippen molar-refractivity contribution in [1.29, 1.82) is 0 Å². The molecule has 1 fully saturated rings. The molecule has 0 amide bonds. The number of phenolic OH excluding ortho intramolecular Hbond substituents is 1. The molecule has 5 N–H and O–H groups in total. The van der Waals surface area contributed by atoms with Gasteiger partial charge in [0, 0.05) is 0 Å². The lowest BCUT2D eigenvalue weighted by atomic mass is 9.99. The molecule has 5 unspecified atom stereocenters. The molecular formula is C20H22O9. The predicted octanol–water partition coefficient (Wildman–Crippen LogP) is -0.0721. The average Bonchev–Trinajstić information content (AvgIpc) is 2.74. The second-order valence-corrected chi connectivity index (χ2v) is 6.56. The Labute approximate surface area is 166 Å². The van der Waals surface area contributed by atoms with Crippen molar-refractivity contribution in [2.45, 2.75) is 37.3 Å². The quantitative estimate of drug-likeness (QED) is 0.416. The van der Waals surface area contributed by atoms with Crippen LogP contribution in [0, 0.1) is 0 Å². The number of benzene rings is 2. The third-order valence-electron chi connectivity index (χ3n) is 4.51. The number of esters is 1. The molecule has 0 spiro atoms. The van der Waals surface area contributed by atoms with Gasteiger partial charge in [-0.3, -0.25) is 0 Å². The first kappa shape index (κ1) is 21.0. The number of hydrogen-bond donors (Lipinski definition) is 5. The highest BCUT2D eigenvalue weighted by Crippen LogP contribution is 2.31. The number of carbonyl (C=O) groups is 1. The maximum absolute atomic E-state index is 12.1. The molecule has 3 rings (SSSR count). The van der Waals surface area contributed by atoms with E-state index in [-0.39, 0.29) is 18.1 Å². The van der Waals surface area contributed by atoms with Crippen LogP contribution in [0.1, 0.15) is 15.9 Å². The summed E-state index contributed by atoms with van der Waals surface area (Å²) in [6.45, 7) is -0.676. The van der Waals surface area contributed by atoms with E-state index in [4.69, 9.17) is 19.3 Å². The number of aliphatic hydroxyl groups is 4. The van der Waals surface area contributed by atoms with Gasteiger partial charge in [0.15, 0.2) is 11.5 Å². The van der Waals surface area contributed by atoms with Crippen LogP contribution in [0.5, 0.6) is 11.5 Å². The Balaban J connectivity index is 1.67. The summed E-state index contributed by atoms with van der Waals surface area (Å²) in [6.07, 6.45) is -7.40. The SMILES string of the molecule is O=C(OCC1OC(Oc2ccc(CO)cc2O)C(O)C(O)C1O)c1ccccc1. The molecule has 1 saturated heterocycles. The summed E-state index contributed by atoms with van der Waals surface area (Å²) in [6, 6.07) is 12.3. The summed E-state index contributed by atoms with van der Waals surface area (Å²) in [5.41, 5.74) is 0.751. The smallest absolute Gasteiger partial charge is 0.338 e. The van der Waals surface area contributed by atoms with Crippen LogP contribution in [0.3, 0.4) is 0 Å². The number of aliphatic hydroxyl groups excluding tert-OH is 4. The fourth-order valence-electron chi connectivity index (χ4n) is 2.85. The molecular weight excluding hydrogens is 384 g/mol. The summed E-state index contributed by atoms with van der Waals surface area (Å²) >= 11 is 0. The lowest BCUT2D eigenvalue weighted by molar-refractivity contribution is -0.277. The van der Waals surface area contributed by atoms with E-state index in [9.17, 15) is 25.2 Å². The number of carbonyl (C=O) groups excluding carboxylic acids is 1. The molecule has 0 radical (unpaired) electrons. The van der Waals surface area contributed by atoms with Crippen molar-refractivity contribution in [3.63, 3.8) is 0 Å². The monoisotopic (exact) mass is 406 g/mol. The van der Waals surface area contributed by atoms with E-state index >= 15 is 0 Å². The molecule has 156 valence electrons. The molecule has 1 heterocycles. The number of rotatable bonds is 6. The highest BCUT2D eigenvalue weighted by molar-refractivity contribution is 5.89. The van der Waals surface area contributed by atoms with E-state index in [0.717, 1.165) is 0 Å². The summed E-state index contributed by atoms with van der Waals surface area (Å²) in [7, 11) is 0. The molecule has 2 aromatic rings. The fraction of sp³-hybridized carbons (Fsp3) is 0.350. The molecule has 9 nitrogen and oxygen atoms in total. The third kappa shape index (κ3) is 4.84. The van der Waals surface area contributed by atoms with E-state index in [0.29, 0.717) is 11.1 Å². The number of phenols is 1. The minimum absolute atomic E-state index is 0.0603. The Hall–Kier alpha value is -2.69. The van der Waals surface area contributed by atoms with Crippen molar-refractivity contribution < 1.29 is 44.5 Å². The Kier molecular flexibility index (Phi) is 6.68. The highest BCUT2D eigenvalue weighted by atomic mass is 16.7. The number of hydrogen-bond acceptors (Lipinski definition) is 9. The zero-order chi connectivity index (χ0) is 21.0. The molecule has 1 aliphatic rings. The van der Waals surface area contributed by atoms with Crippen molar-refractivity contribution in [3.05, 3.63) is 59.7 Å². The van der Waals surface area contributed by atoms with Gasteiger partial charge in [0.05, 0.1) is 12.2 Å². The zero-order valence-electron chi connectivity index (χ0n) is 15.3. The van der Waals surface area contributed by atoms with E-state index in [2.05, 4.69) is 0 Å². The first-order chi connectivity index (χ1) is 13.9. The van der Waals surface area contributed by atoms with Gasteiger partial charge in [-0.1, -0.05) is 24.3 Å². The zero-order valence-corrected chi connectivity index (χ0v) is 15.3. The summed E-state index contributed by atoms with van der Waals surface area (Å²) in [5, 5.41) is 49.4. The van der Waals surface area contributed by atoms with E-state index in [1.54, 1.807) is 30.3 Å². The van der Waals surface area contributed by atoms with Gasteiger partial charge in [-0.15, -0.1) is 0 Å². The lowest BCUT2D eigenvalue weighted by Gasteiger charge is -2.39. The largest absolute Gasteiger partial charge is 0.504 e. The van der Waals surface area contributed by atoms with Gasteiger partial charge in [0.1, 0.15) is 31.0 Å². The average molecular weight is 406 g/mol. The predicted molar refractivity (Wildman–Crippen MR) is 98.1 cm³/mol. The van der Waals surface area contributed by atoms with Crippen molar-refractivity contribution in [2.24, 2.45) is 0 Å². The van der Waals surface area contributed by atoms with Crippen LogP contribution in [0.2, 0.25) is 0 Å². The summed E-state index contributed by atoms with van der Waals surface area (Å²) in [5.74, 6) is -1.01. The first-order valence-electron chi connectivity index (χ1n) is 8.92. The van der Waals surface area contributed by atoms with Gasteiger partial charge >= 0.3 is 5.97 Å². The van der Waals surface area contributed by atoms with Gasteiger partial charge in [-0.2, -0.15) is 0 Å². The van der Waals surface area contributed by atoms with Crippen LogP contribution in [0.25, 0.3) is 0 Å². The van der Waals surface area contributed by atoms with Crippen molar-refractivity contribution >= 4 is 5.97 Å². The van der Waals surface area contributed by atoms with Crippen LogP contribution in [0.15, 0.2) is 48.5 Å². The summed E-state index contributed by atoms with van der Waals surface area (Å²) < 4.78 is 16.0. The first-order valence-corrected chi connectivity index (χ1v) is 8.92. The molecule has 29 heavy (non-hydrogen) atoms.